The highest BCUT2D eigenvalue weighted by Gasteiger charge is 2.23. The van der Waals surface area contributed by atoms with E-state index in [0.717, 1.165) is 16.7 Å². The Morgan fingerprint density at radius 3 is 2.27 bits per heavy atom. The smallest absolute Gasteiger partial charge is 0.0198 e. The molecule has 0 aliphatic carbocycles. The predicted molar refractivity (Wildman–Crippen MR) is 53.1 cm³/mol. The van der Waals surface area contributed by atoms with E-state index < -0.39 is 0 Å². The molecule has 1 N–H and O–H groups in total. The number of hydrogen-bond donors (Lipinski definition) is 1. The van der Waals surface area contributed by atoms with Gasteiger partial charge in [0.25, 0.3) is 0 Å². The van der Waals surface area contributed by atoms with Crippen LogP contribution in [0.15, 0.2) is 0 Å². The van der Waals surface area contributed by atoms with Gasteiger partial charge in [0.2, 0.25) is 0 Å². The van der Waals surface area contributed by atoms with Crippen LogP contribution in [0.4, 0.5) is 0 Å². The molecule has 0 bridgehead atoms. The van der Waals surface area contributed by atoms with E-state index in [0.29, 0.717) is 0 Å². The zero-order chi connectivity index (χ0) is 8.27. The van der Waals surface area contributed by atoms with Crippen molar-refractivity contribution in [3.8, 4) is 0 Å². The lowest BCUT2D eigenvalue weighted by Crippen LogP contribution is -2.33. The van der Waals surface area contributed by atoms with Gasteiger partial charge in [0, 0.05) is 4.83 Å². The monoisotopic (exact) mass is 219 g/mol. The summed E-state index contributed by atoms with van der Waals surface area (Å²) in [4.78, 5) is 0.726. The Labute approximate surface area is 78.1 Å². The van der Waals surface area contributed by atoms with E-state index in [4.69, 9.17) is 0 Å². The molecule has 0 spiro atoms. The largest absolute Gasteiger partial charge is 0.317 e. The Morgan fingerprint density at radius 2 is 1.82 bits per heavy atom. The number of piperidine rings is 1. The number of nitrogens with one attached hydrogen (secondary N) is 1. The molecule has 0 saturated carbocycles. The van der Waals surface area contributed by atoms with E-state index in [9.17, 15) is 0 Å². The second-order valence-electron chi connectivity index (χ2n) is 3.78. The fourth-order valence-electron chi connectivity index (χ4n) is 1.71. The third-order valence-electron chi connectivity index (χ3n) is 2.47. The van der Waals surface area contributed by atoms with Gasteiger partial charge in [-0.3, -0.25) is 0 Å². The minimum Gasteiger partial charge on any atom is -0.317 e. The lowest BCUT2D eigenvalue weighted by atomic mass is 9.89. The highest BCUT2D eigenvalue weighted by atomic mass is 79.9. The van der Waals surface area contributed by atoms with Crippen molar-refractivity contribution in [3.63, 3.8) is 0 Å². The lowest BCUT2D eigenvalue weighted by Gasteiger charge is -2.29. The van der Waals surface area contributed by atoms with Crippen molar-refractivity contribution in [2.24, 2.45) is 11.8 Å². The predicted octanol–water partition coefficient (Wildman–Crippen LogP) is 2.41. The van der Waals surface area contributed by atoms with Crippen LogP contribution in [-0.2, 0) is 0 Å². The highest BCUT2D eigenvalue weighted by molar-refractivity contribution is 9.09. The zero-order valence-corrected chi connectivity index (χ0v) is 9.02. The molecule has 2 heteroatoms. The molecule has 1 aliphatic rings. The van der Waals surface area contributed by atoms with Crippen LogP contribution < -0.4 is 5.32 Å². The SMILES string of the molecule is CC(C)C(Br)C1CCNCC1. The van der Waals surface area contributed by atoms with Crippen molar-refractivity contribution in [3.05, 3.63) is 0 Å². The summed E-state index contributed by atoms with van der Waals surface area (Å²) in [6.45, 7) is 7.00. The van der Waals surface area contributed by atoms with Crippen molar-refractivity contribution in [1.82, 2.24) is 5.32 Å². The van der Waals surface area contributed by atoms with Gasteiger partial charge in [-0.05, 0) is 37.8 Å². The molecule has 66 valence electrons. The van der Waals surface area contributed by atoms with Crippen LogP contribution in [-0.4, -0.2) is 17.9 Å². The maximum Gasteiger partial charge on any atom is 0.0198 e. The summed E-state index contributed by atoms with van der Waals surface area (Å²) in [6, 6.07) is 0. The summed E-state index contributed by atoms with van der Waals surface area (Å²) in [6.07, 6.45) is 2.68. The first-order valence-electron chi connectivity index (χ1n) is 4.56. The normalized spacial score (nSPS) is 24.0. The number of alkyl halides is 1. The Balaban J connectivity index is 2.32. The van der Waals surface area contributed by atoms with E-state index in [1.807, 2.05) is 0 Å². The highest BCUT2D eigenvalue weighted by Crippen LogP contribution is 2.27. The summed E-state index contributed by atoms with van der Waals surface area (Å²) in [5, 5.41) is 3.39. The topological polar surface area (TPSA) is 12.0 Å². The third kappa shape index (κ3) is 2.75. The zero-order valence-electron chi connectivity index (χ0n) is 7.44. The van der Waals surface area contributed by atoms with Crippen LogP contribution in [0.25, 0.3) is 0 Å². The molecule has 0 aromatic heterocycles. The fourth-order valence-corrected chi connectivity index (χ4v) is 2.24. The molecule has 1 atom stereocenters. The minimum absolute atomic E-state index is 0.726. The second kappa shape index (κ2) is 4.46. The maximum atomic E-state index is 3.78. The molecule has 1 heterocycles. The van der Waals surface area contributed by atoms with Crippen molar-refractivity contribution in [2.75, 3.05) is 13.1 Å². The van der Waals surface area contributed by atoms with Crippen molar-refractivity contribution in [1.29, 1.82) is 0 Å². The molecule has 1 unspecified atom stereocenters. The molecule has 11 heavy (non-hydrogen) atoms. The number of halogens is 1. The van der Waals surface area contributed by atoms with E-state index in [2.05, 4.69) is 35.1 Å². The van der Waals surface area contributed by atoms with Gasteiger partial charge in [0.15, 0.2) is 0 Å². The quantitative estimate of drug-likeness (QED) is 0.704. The molecule has 0 aromatic carbocycles. The summed E-state index contributed by atoms with van der Waals surface area (Å²) in [5.41, 5.74) is 0. The van der Waals surface area contributed by atoms with Crippen LogP contribution >= 0.6 is 15.9 Å². The van der Waals surface area contributed by atoms with Gasteiger partial charge >= 0.3 is 0 Å². The summed E-state index contributed by atoms with van der Waals surface area (Å²) >= 11 is 3.78. The summed E-state index contributed by atoms with van der Waals surface area (Å²) in [5.74, 6) is 1.68. The average molecular weight is 220 g/mol. The first-order valence-corrected chi connectivity index (χ1v) is 5.48. The molecule has 1 saturated heterocycles. The van der Waals surface area contributed by atoms with E-state index in [1.54, 1.807) is 0 Å². The maximum absolute atomic E-state index is 3.78. The first kappa shape index (κ1) is 9.53. The first-order chi connectivity index (χ1) is 5.22. The number of hydrogen-bond acceptors (Lipinski definition) is 1. The Kier molecular flexibility index (Phi) is 3.86. The molecular weight excluding hydrogens is 202 g/mol. The molecule has 1 fully saturated rings. The van der Waals surface area contributed by atoms with Gasteiger partial charge in [-0.15, -0.1) is 0 Å². The molecular formula is C9H18BrN. The second-order valence-corrected chi connectivity index (χ2v) is 4.83. The van der Waals surface area contributed by atoms with Gasteiger partial charge in [0.1, 0.15) is 0 Å². The molecule has 1 aliphatic heterocycles. The van der Waals surface area contributed by atoms with Crippen LogP contribution in [0.5, 0.6) is 0 Å². The Bertz CT molecular complexity index is 108. The van der Waals surface area contributed by atoms with Crippen molar-refractivity contribution >= 4 is 15.9 Å². The molecule has 0 radical (unpaired) electrons. The minimum atomic E-state index is 0.726. The number of rotatable bonds is 2. The summed E-state index contributed by atoms with van der Waals surface area (Å²) in [7, 11) is 0. The van der Waals surface area contributed by atoms with Crippen LogP contribution in [0, 0.1) is 11.8 Å². The van der Waals surface area contributed by atoms with Crippen LogP contribution in [0.1, 0.15) is 26.7 Å². The van der Waals surface area contributed by atoms with Gasteiger partial charge in [-0.2, -0.15) is 0 Å². The van der Waals surface area contributed by atoms with Gasteiger partial charge in [-0.25, -0.2) is 0 Å². The van der Waals surface area contributed by atoms with Gasteiger partial charge < -0.3 is 5.32 Å². The molecule has 0 amide bonds. The third-order valence-corrected chi connectivity index (χ3v) is 4.28. The fraction of sp³-hybridized carbons (Fsp3) is 1.00. The van der Waals surface area contributed by atoms with E-state index >= 15 is 0 Å². The van der Waals surface area contributed by atoms with Crippen LogP contribution in [0.2, 0.25) is 0 Å². The van der Waals surface area contributed by atoms with Gasteiger partial charge in [0.05, 0.1) is 0 Å². The average Bonchev–Trinajstić information content (AvgIpc) is 2.05. The molecule has 1 rings (SSSR count). The van der Waals surface area contributed by atoms with E-state index in [1.165, 1.54) is 25.9 Å². The van der Waals surface area contributed by atoms with Crippen molar-refractivity contribution in [2.45, 2.75) is 31.5 Å². The lowest BCUT2D eigenvalue weighted by molar-refractivity contribution is 0.333. The summed E-state index contributed by atoms with van der Waals surface area (Å²) < 4.78 is 0. The van der Waals surface area contributed by atoms with Gasteiger partial charge in [-0.1, -0.05) is 29.8 Å². The molecule has 0 aromatic rings. The Morgan fingerprint density at radius 1 is 1.27 bits per heavy atom. The molecule has 1 nitrogen and oxygen atoms in total. The van der Waals surface area contributed by atoms with Crippen LogP contribution in [0.3, 0.4) is 0 Å². The Hall–Kier alpha value is 0.440. The van der Waals surface area contributed by atoms with E-state index in [-0.39, 0.29) is 0 Å². The van der Waals surface area contributed by atoms with Crippen molar-refractivity contribution < 1.29 is 0 Å². The standard InChI is InChI=1S/C9H18BrN/c1-7(2)9(10)8-3-5-11-6-4-8/h7-9,11H,3-6H2,1-2H3.